The van der Waals surface area contributed by atoms with Crippen LogP contribution < -0.4 is 15.8 Å². The van der Waals surface area contributed by atoms with Gasteiger partial charge in [0.1, 0.15) is 0 Å². The molecule has 0 saturated carbocycles. The van der Waals surface area contributed by atoms with Crippen LogP contribution in [0.5, 0.6) is 5.75 Å². The van der Waals surface area contributed by atoms with Gasteiger partial charge in [-0.1, -0.05) is 6.07 Å². The highest BCUT2D eigenvalue weighted by molar-refractivity contribution is 5.74. The summed E-state index contributed by atoms with van der Waals surface area (Å²) in [6.45, 7) is 2.24. The zero-order chi connectivity index (χ0) is 14.4. The molecule has 0 spiro atoms. The van der Waals surface area contributed by atoms with Crippen LogP contribution in [-0.4, -0.2) is 24.0 Å². The van der Waals surface area contributed by atoms with Crippen LogP contribution in [0, 0.1) is 10.1 Å². The number of amides is 1. The van der Waals surface area contributed by atoms with Gasteiger partial charge in [-0.25, -0.2) is 0 Å². The average molecular weight is 267 g/mol. The minimum absolute atomic E-state index is 0.0793. The highest BCUT2D eigenvalue weighted by atomic mass is 16.6. The molecule has 0 radical (unpaired) electrons. The maximum Gasteiger partial charge on any atom is 0.311 e. The molecule has 1 rings (SSSR count). The Labute approximate surface area is 110 Å². The molecule has 7 heteroatoms. The third kappa shape index (κ3) is 4.55. The van der Waals surface area contributed by atoms with E-state index in [9.17, 15) is 14.9 Å². The quantitative estimate of drug-likeness (QED) is 0.565. The van der Waals surface area contributed by atoms with Crippen LogP contribution >= 0.6 is 0 Å². The molecule has 1 aromatic carbocycles. The molecule has 7 nitrogen and oxygen atoms in total. The number of primary amides is 1. The van der Waals surface area contributed by atoms with Gasteiger partial charge in [0.25, 0.3) is 0 Å². The molecule has 0 bridgehead atoms. The number of nitro groups is 1. The van der Waals surface area contributed by atoms with Crippen LogP contribution in [0.25, 0.3) is 0 Å². The molecule has 1 atom stereocenters. The van der Waals surface area contributed by atoms with Crippen LogP contribution in [0.1, 0.15) is 18.9 Å². The van der Waals surface area contributed by atoms with Gasteiger partial charge in [0.2, 0.25) is 5.91 Å². The summed E-state index contributed by atoms with van der Waals surface area (Å²) in [5, 5.41) is 13.9. The van der Waals surface area contributed by atoms with Crippen LogP contribution in [0.15, 0.2) is 18.2 Å². The Morgan fingerprint density at radius 3 is 2.79 bits per heavy atom. The Morgan fingerprint density at radius 2 is 2.26 bits per heavy atom. The second kappa shape index (κ2) is 6.69. The summed E-state index contributed by atoms with van der Waals surface area (Å²) in [4.78, 5) is 21.1. The van der Waals surface area contributed by atoms with Crippen LogP contribution in [0.2, 0.25) is 0 Å². The van der Waals surface area contributed by atoms with Gasteiger partial charge in [-0.3, -0.25) is 14.9 Å². The zero-order valence-electron chi connectivity index (χ0n) is 10.9. The van der Waals surface area contributed by atoms with Crippen molar-refractivity contribution in [1.29, 1.82) is 0 Å². The molecule has 3 N–H and O–H groups in total. The second-order valence-corrected chi connectivity index (χ2v) is 4.22. The summed E-state index contributed by atoms with van der Waals surface area (Å²) in [6, 6.07) is 4.64. The Balaban J connectivity index is 2.72. The number of benzene rings is 1. The van der Waals surface area contributed by atoms with Gasteiger partial charge in [0.05, 0.1) is 12.0 Å². The highest BCUT2D eigenvalue weighted by Crippen LogP contribution is 2.27. The summed E-state index contributed by atoms with van der Waals surface area (Å²) in [5.74, 6) is -0.167. The molecule has 19 heavy (non-hydrogen) atoms. The van der Waals surface area contributed by atoms with Gasteiger partial charge in [-0.05, 0) is 18.6 Å². The van der Waals surface area contributed by atoms with E-state index in [0.717, 1.165) is 5.56 Å². The van der Waals surface area contributed by atoms with Crippen molar-refractivity contribution in [1.82, 2.24) is 5.32 Å². The van der Waals surface area contributed by atoms with Crippen molar-refractivity contribution in [3.63, 3.8) is 0 Å². The number of carbonyl (C=O) groups excluding carboxylic acids is 1. The van der Waals surface area contributed by atoms with E-state index in [0.29, 0.717) is 6.54 Å². The lowest BCUT2D eigenvalue weighted by molar-refractivity contribution is -0.385. The fourth-order valence-electron chi connectivity index (χ4n) is 1.65. The molecule has 104 valence electrons. The van der Waals surface area contributed by atoms with E-state index >= 15 is 0 Å². The Morgan fingerprint density at radius 1 is 1.58 bits per heavy atom. The second-order valence-electron chi connectivity index (χ2n) is 4.22. The van der Waals surface area contributed by atoms with E-state index in [1.807, 2.05) is 6.92 Å². The van der Waals surface area contributed by atoms with Crippen molar-refractivity contribution < 1.29 is 14.5 Å². The maximum atomic E-state index is 10.9. The number of hydrogen-bond donors (Lipinski definition) is 2. The van der Waals surface area contributed by atoms with E-state index in [4.69, 9.17) is 10.5 Å². The largest absolute Gasteiger partial charge is 0.490 e. The SMILES string of the molecule is COc1ccc(CNC(C)CC(N)=O)cc1[N+](=O)[O-]. The number of ether oxygens (including phenoxy) is 1. The van der Waals surface area contributed by atoms with Crippen molar-refractivity contribution in [3.05, 3.63) is 33.9 Å². The van der Waals surface area contributed by atoms with Gasteiger partial charge in [0, 0.05) is 25.1 Å². The average Bonchev–Trinajstić information content (AvgIpc) is 2.35. The summed E-state index contributed by atoms with van der Waals surface area (Å²) >= 11 is 0. The molecule has 0 fully saturated rings. The molecule has 0 aliphatic rings. The van der Waals surface area contributed by atoms with E-state index in [1.165, 1.54) is 13.2 Å². The molecule has 1 amide bonds. The van der Waals surface area contributed by atoms with Gasteiger partial charge in [-0.2, -0.15) is 0 Å². The van der Waals surface area contributed by atoms with Gasteiger partial charge in [-0.15, -0.1) is 0 Å². The molecular formula is C12H17N3O4. The van der Waals surface area contributed by atoms with Crippen molar-refractivity contribution in [2.45, 2.75) is 25.9 Å². The number of nitro benzene ring substituents is 1. The first kappa shape index (κ1) is 14.9. The number of rotatable bonds is 7. The number of carbonyl (C=O) groups is 1. The van der Waals surface area contributed by atoms with E-state index in [1.54, 1.807) is 12.1 Å². The van der Waals surface area contributed by atoms with Crippen molar-refractivity contribution in [2.75, 3.05) is 7.11 Å². The third-order valence-electron chi connectivity index (χ3n) is 2.60. The van der Waals surface area contributed by atoms with Gasteiger partial charge < -0.3 is 15.8 Å². The zero-order valence-corrected chi connectivity index (χ0v) is 10.9. The summed E-state index contributed by atoms with van der Waals surface area (Å²) in [7, 11) is 1.38. The maximum absolute atomic E-state index is 10.9. The molecule has 1 aromatic rings. The molecule has 1 unspecified atom stereocenters. The van der Waals surface area contributed by atoms with Crippen LogP contribution in [0.4, 0.5) is 5.69 Å². The lowest BCUT2D eigenvalue weighted by Gasteiger charge is -2.12. The molecule has 0 aromatic heterocycles. The fourth-order valence-corrected chi connectivity index (χ4v) is 1.65. The number of hydrogen-bond acceptors (Lipinski definition) is 5. The molecule has 0 heterocycles. The number of nitrogens with zero attached hydrogens (tertiary/aromatic N) is 1. The van der Waals surface area contributed by atoms with Crippen LogP contribution in [0.3, 0.4) is 0 Å². The Hall–Kier alpha value is -2.15. The van der Waals surface area contributed by atoms with E-state index in [-0.39, 0.29) is 29.8 Å². The Kier molecular flexibility index (Phi) is 5.25. The topological polar surface area (TPSA) is 107 Å². The highest BCUT2D eigenvalue weighted by Gasteiger charge is 2.15. The summed E-state index contributed by atoms with van der Waals surface area (Å²) in [5.41, 5.74) is 5.74. The van der Waals surface area contributed by atoms with Crippen LogP contribution in [-0.2, 0) is 11.3 Å². The first-order valence-electron chi connectivity index (χ1n) is 5.77. The molecule has 0 aliphatic carbocycles. The van der Waals surface area contributed by atoms with Crippen molar-refractivity contribution in [3.8, 4) is 5.75 Å². The Bertz CT molecular complexity index is 476. The standard InChI is InChI=1S/C12H17N3O4/c1-8(5-12(13)16)14-7-9-3-4-11(19-2)10(6-9)15(17)18/h3-4,6,8,14H,5,7H2,1-2H3,(H2,13,16). The lowest BCUT2D eigenvalue weighted by atomic mass is 10.1. The number of methoxy groups -OCH3 is 1. The minimum Gasteiger partial charge on any atom is -0.490 e. The smallest absolute Gasteiger partial charge is 0.311 e. The van der Waals surface area contributed by atoms with Gasteiger partial charge in [0.15, 0.2) is 5.75 Å². The first-order chi connectivity index (χ1) is 8.93. The molecular weight excluding hydrogens is 250 g/mol. The number of nitrogens with two attached hydrogens (primary N) is 1. The van der Waals surface area contributed by atoms with Crippen molar-refractivity contribution >= 4 is 11.6 Å². The molecule has 0 aliphatic heterocycles. The fraction of sp³-hybridized carbons (Fsp3) is 0.417. The van der Waals surface area contributed by atoms with Gasteiger partial charge >= 0.3 is 5.69 Å². The number of nitrogens with one attached hydrogen (secondary N) is 1. The normalized spacial score (nSPS) is 11.9. The summed E-state index contributed by atoms with van der Waals surface area (Å²) in [6.07, 6.45) is 0.220. The third-order valence-corrected chi connectivity index (χ3v) is 2.60. The predicted molar refractivity (Wildman–Crippen MR) is 69.8 cm³/mol. The molecule has 0 saturated heterocycles. The first-order valence-corrected chi connectivity index (χ1v) is 5.77. The van der Waals surface area contributed by atoms with E-state index < -0.39 is 4.92 Å². The predicted octanol–water partition coefficient (Wildman–Crippen LogP) is 0.957. The van der Waals surface area contributed by atoms with E-state index in [2.05, 4.69) is 5.32 Å². The monoisotopic (exact) mass is 267 g/mol. The lowest BCUT2D eigenvalue weighted by Crippen LogP contribution is -2.30. The summed E-state index contributed by atoms with van der Waals surface area (Å²) < 4.78 is 4.92. The van der Waals surface area contributed by atoms with Crippen molar-refractivity contribution in [2.24, 2.45) is 5.73 Å². The minimum atomic E-state index is -0.491.